The van der Waals surface area contributed by atoms with Gasteiger partial charge in [0, 0.05) is 16.9 Å². The quantitative estimate of drug-likeness (QED) is 0.737. The molecule has 5 nitrogen and oxygen atoms in total. The first-order valence-corrected chi connectivity index (χ1v) is 8.51. The summed E-state index contributed by atoms with van der Waals surface area (Å²) in [5.74, 6) is 0.529. The lowest BCUT2D eigenvalue weighted by molar-refractivity contribution is -0.109. The van der Waals surface area contributed by atoms with Gasteiger partial charge in [0.15, 0.2) is 0 Å². The van der Waals surface area contributed by atoms with Crippen LogP contribution in [0.1, 0.15) is 29.8 Å². The summed E-state index contributed by atoms with van der Waals surface area (Å²) in [5, 5.41) is 2.65. The van der Waals surface area contributed by atoms with E-state index < -0.39 is 6.04 Å². The van der Waals surface area contributed by atoms with Crippen molar-refractivity contribution in [1.29, 1.82) is 0 Å². The van der Waals surface area contributed by atoms with Crippen LogP contribution in [0.2, 0.25) is 0 Å². The van der Waals surface area contributed by atoms with Crippen molar-refractivity contribution in [2.75, 3.05) is 11.5 Å². The predicted octanol–water partition coefficient (Wildman–Crippen LogP) is 3.69. The van der Waals surface area contributed by atoms with Crippen LogP contribution in [0.3, 0.4) is 0 Å². The van der Waals surface area contributed by atoms with Crippen molar-refractivity contribution in [3.63, 3.8) is 0 Å². The number of aryl methyl sites for hydroxylation is 1. The Balaban J connectivity index is 2.44. The number of ether oxygens (including phenoxy) is 1. The molecule has 1 unspecified atom stereocenters. The summed E-state index contributed by atoms with van der Waals surface area (Å²) in [6, 6.07) is 14.2. The third kappa shape index (κ3) is 4.30. The number of nitrogens with one attached hydrogen (secondary N) is 1. The number of anilines is 1. The number of hydrogen-bond acceptors (Lipinski definition) is 3. The Morgan fingerprint density at radius 3 is 2.46 bits per heavy atom. The highest BCUT2D eigenvalue weighted by Crippen LogP contribution is 2.26. The lowest BCUT2D eigenvalue weighted by atomic mass is 10.1. The molecule has 0 aromatic heterocycles. The minimum atomic E-state index is -0.396. The molecule has 0 aliphatic carbocycles. The van der Waals surface area contributed by atoms with E-state index in [1.54, 1.807) is 25.1 Å². The van der Waals surface area contributed by atoms with Crippen LogP contribution in [-0.2, 0) is 4.79 Å². The third-order valence-corrected chi connectivity index (χ3v) is 4.09. The van der Waals surface area contributed by atoms with Crippen LogP contribution in [0.4, 0.5) is 5.69 Å². The van der Waals surface area contributed by atoms with E-state index in [0.717, 1.165) is 11.3 Å². The molecule has 1 N–H and O–H groups in total. The molecule has 0 heterocycles. The van der Waals surface area contributed by atoms with Gasteiger partial charge in [-0.2, -0.15) is 0 Å². The molecule has 0 aliphatic rings. The highest BCUT2D eigenvalue weighted by molar-refractivity contribution is 6.09. The van der Waals surface area contributed by atoms with Gasteiger partial charge in [-0.3, -0.25) is 14.5 Å². The van der Waals surface area contributed by atoms with Gasteiger partial charge in [0.25, 0.3) is 5.91 Å². The van der Waals surface area contributed by atoms with Crippen molar-refractivity contribution in [2.24, 2.45) is 0 Å². The van der Waals surface area contributed by atoms with E-state index in [-0.39, 0.29) is 5.91 Å². The van der Waals surface area contributed by atoms with Gasteiger partial charge in [-0.1, -0.05) is 24.8 Å². The van der Waals surface area contributed by atoms with E-state index >= 15 is 0 Å². The normalized spacial score (nSPS) is 11.3. The highest BCUT2D eigenvalue weighted by Gasteiger charge is 2.24. The van der Waals surface area contributed by atoms with Crippen molar-refractivity contribution in [3.8, 4) is 5.75 Å². The first-order chi connectivity index (χ1) is 12.5. The minimum absolute atomic E-state index is 0.197. The largest absolute Gasteiger partial charge is 0.494 e. The minimum Gasteiger partial charge on any atom is -0.494 e. The maximum absolute atomic E-state index is 13.2. The van der Waals surface area contributed by atoms with Crippen molar-refractivity contribution in [2.45, 2.75) is 26.8 Å². The van der Waals surface area contributed by atoms with Crippen LogP contribution in [-0.4, -0.2) is 25.0 Å². The Labute approximate surface area is 154 Å². The molecule has 5 heteroatoms. The number of benzene rings is 2. The summed E-state index contributed by atoms with van der Waals surface area (Å²) < 4.78 is 5.47. The van der Waals surface area contributed by atoms with Gasteiger partial charge in [0.1, 0.15) is 5.75 Å². The molecule has 2 aromatic rings. The molecular formula is C21H24N2O3. The second kappa shape index (κ2) is 8.85. The van der Waals surface area contributed by atoms with Crippen LogP contribution in [0.5, 0.6) is 5.75 Å². The Bertz CT molecular complexity index is 784. The second-order valence-electron chi connectivity index (χ2n) is 5.88. The summed E-state index contributed by atoms with van der Waals surface area (Å²) >= 11 is 0. The summed E-state index contributed by atoms with van der Waals surface area (Å²) in [5.41, 5.74) is 2.60. The molecule has 0 radical (unpaired) electrons. The standard InChI is InChI=1S/C21H24N2O3/c1-5-26-19-12-10-18(11-13-19)23(17(4)16(3)22-14-24)21(25)20-9-7-6-8-15(20)2/h6-14,16H,4-5H2,1-3H3,(H,22,24). The Hall–Kier alpha value is -3.08. The van der Waals surface area contributed by atoms with Crippen molar-refractivity contribution in [1.82, 2.24) is 5.32 Å². The molecule has 2 amide bonds. The van der Waals surface area contributed by atoms with Crippen LogP contribution in [0, 0.1) is 6.92 Å². The van der Waals surface area contributed by atoms with Gasteiger partial charge >= 0.3 is 0 Å². The zero-order valence-electron chi connectivity index (χ0n) is 15.4. The molecule has 2 aromatic carbocycles. The molecule has 0 fully saturated rings. The summed E-state index contributed by atoms with van der Waals surface area (Å²) in [7, 11) is 0. The molecule has 1 atom stereocenters. The molecule has 0 bridgehead atoms. The molecule has 0 aliphatic heterocycles. The SMILES string of the molecule is C=C(C(C)NC=O)N(C(=O)c1ccccc1C)c1ccc(OCC)cc1. The smallest absolute Gasteiger partial charge is 0.262 e. The number of carbonyl (C=O) groups excluding carboxylic acids is 2. The Kier molecular flexibility index (Phi) is 6.55. The topological polar surface area (TPSA) is 58.6 Å². The zero-order chi connectivity index (χ0) is 19.1. The average molecular weight is 352 g/mol. The Morgan fingerprint density at radius 1 is 1.23 bits per heavy atom. The third-order valence-electron chi connectivity index (χ3n) is 4.09. The fourth-order valence-electron chi connectivity index (χ4n) is 2.60. The monoisotopic (exact) mass is 352 g/mol. The van der Waals surface area contributed by atoms with E-state index in [9.17, 15) is 9.59 Å². The second-order valence-corrected chi connectivity index (χ2v) is 5.88. The van der Waals surface area contributed by atoms with Crippen LogP contribution in [0.25, 0.3) is 0 Å². The number of nitrogens with zero attached hydrogens (tertiary/aromatic N) is 1. The van der Waals surface area contributed by atoms with Gasteiger partial charge in [-0.25, -0.2) is 0 Å². The van der Waals surface area contributed by atoms with Crippen LogP contribution in [0.15, 0.2) is 60.8 Å². The summed E-state index contributed by atoms with van der Waals surface area (Å²) in [6.45, 7) is 10.2. The molecular weight excluding hydrogens is 328 g/mol. The number of hydrogen-bond donors (Lipinski definition) is 1. The fraction of sp³-hybridized carbons (Fsp3) is 0.238. The number of rotatable bonds is 8. The maximum atomic E-state index is 13.2. The zero-order valence-corrected chi connectivity index (χ0v) is 15.4. The highest BCUT2D eigenvalue weighted by atomic mass is 16.5. The maximum Gasteiger partial charge on any atom is 0.262 e. The van der Waals surface area contributed by atoms with E-state index in [1.807, 2.05) is 44.2 Å². The summed E-state index contributed by atoms with van der Waals surface area (Å²) in [4.78, 5) is 25.6. The van der Waals surface area contributed by atoms with Gasteiger partial charge in [0.05, 0.1) is 12.6 Å². The molecule has 0 saturated carbocycles. The molecule has 0 spiro atoms. The van der Waals surface area contributed by atoms with Crippen molar-refractivity contribution < 1.29 is 14.3 Å². The Morgan fingerprint density at radius 2 is 1.88 bits per heavy atom. The van der Waals surface area contributed by atoms with Gasteiger partial charge < -0.3 is 10.1 Å². The lowest BCUT2D eigenvalue weighted by Crippen LogP contribution is -2.39. The number of carbonyl (C=O) groups is 2. The molecule has 136 valence electrons. The fourth-order valence-corrected chi connectivity index (χ4v) is 2.60. The van der Waals surface area contributed by atoms with Gasteiger partial charge in [-0.05, 0) is 56.7 Å². The van der Waals surface area contributed by atoms with Crippen molar-refractivity contribution >= 4 is 18.0 Å². The summed E-state index contributed by atoms with van der Waals surface area (Å²) in [6.07, 6.45) is 0.602. The predicted molar refractivity (Wildman–Crippen MR) is 103 cm³/mol. The van der Waals surface area contributed by atoms with Gasteiger partial charge in [-0.15, -0.1) is 0 Å². The lowest BCUT2D eigenvalue weighted by Gasteiger charge is -2.29. The van der Waals surface area contributed by atoms with Gasteiger partial charge in [0.2, 0.25) is 6.41 Å². The van der Waals surface area contributed by atoms with Crippen LogP contribution >= 0.6 is 0 Å². The molecule has 2 rings (SSSR count). The van der Waals surface area contributed by atoms with Crippen molar-refractivity contribution in [3.05, 3.63) is 71.9 Å². The first kappa shape index (κ1) is 19.2. The molecule has 0 saturated heterocycles. The van der Waals surface area contributed by atoms with E-state index in [4.69, 9.17) is 4.74 Å². The van der Waals surface area contributed by atoms with E-state index in [1.165, 1.54) is 4.90 Å². The average Bonchev–Trinajstić information content (AvgIpc) is 2.64. The van der Waals surface area contributed by atoms with E-state index in [2.05, 4.69) is 11.9 Å². The first-order valence-electron chi connectivity index (χ1n) is 8.51. The van der Waals surface area contributed by atoms with Crippen LogP contribution < -0.4 is 15.0 Å². The van der Waals surface area contributed by atoms with E-state index in [0.29, 0.717) is 30.0 Å². The number of amides is 2. The molecule has 26 heavy (non-hydrogen) atoms.